The molecule has 16 heavy (non-hydrogen) atoms. The molecule has 0 saturated heterocycles. The number of phosphoric ester groups is 1. The zero-order valence-electron chi connectivity index (χ0n) is 9.33. The van der Waals surface area contributed by atoms with Gasteiger partial charge in [0.05, 0.1) is 0 Å². The van der Waals surface area contributed by atoms with E-state index in [1.165, 1.54) is 0 Å². The summed E-state index contributed by atoms with van der Waals surface area (Å²) in [5.74, 6) is 0.182. The van der Waals surface area contributed by atoms with Crippen molar-refractivity contribution in [3.05, 3.63) is 29.8 Å². The first kappa shape index (κ1) is 13.2. The third-order valence-corrected chi connectivity index (χ3v) is 2.44. The SMILES string of the molecule is CN(C)CCc1ccc(OP(=O)(O)O)cc1. The molecule has 0 radical (unpaired) electrons. The first-order valence-electron chi connectivity index (χ1n) is 4.85. The second-order valence-electron chi connectivity index (χ2n) is 3.78. The van der Waals surface area contributed by atoms with Gasteiger partial charge in [-0.05, 0) is 38.2 Å². The van der Waals surface area contributed by atoms with Crippen molar-refractivity contribution in [2.45, 2.75) is 6.42 Å². The minimum atomic E-state index is -4.44. The fourth-order valence-electron chi connectivity index (χ4n) is 1.21. The van der Waals surface area contributed by atoms with E-state index >= 15 is 0 Å². The van der Waals surface area contributed by atoms with Crippen molar-refractivity contribution in [1.29, 1.82) is 0 Å². The third kappa shape index (κ3) is 5.28. The van der Waals surface area contributed by atoms with Crippen LogP contribution in [0.5, 0.6) is 5.75 Å². The van der Waals surface area contributed by atoms with Gasteiger partial charge < -0.3 is 9.42 Å². The van der Waals surface area contributed by atoms with Crippen molar-refractivity contribution in [2.24, 2.45) is 0 Å². The Morgan fingerprint density at radius 2 is 1.81 bits per heavy atom. The average Bonchev–Trinajstić information content (AvgIpc) is 2.14. The fraction of sp³-hybridized carbons (Fsp3) is 0.400. The molecule has 0 spiro atoms. The van der Waals surface area contributed by atoms with Gasteiger partial charge in [0, 0.05) is 6.54 Å². The summed E-state index contributed by atoms with van der Waals surface area (Å²) in [4.78, 5) is 19.3. The van der Waals surface area contributed by atoms with Crippen molar-refractivity contribution in [3.63, 3.8) is 0 Å². The quantitative estimate of drug-likeness (QED) is 0.764. The molecular formula is C10H16NO4P. The van der Waals surface area contributed by atoms with Crippen molar-refractivity contribution in [3.8, 4) is 5.75 Å². The van der Waals surface area contributed by atoms with Crippen LogP contribution in [-0.4, -0.2) is 35.3 Å². The number of nitrogens with zero attached hydrogens (tertiary/aromatic N) is 1. The van der Waals surface area contributed by atoms with Crippen LogP contribution >= 0.6 is 7.82 Å². The molecule has 1 aromatic rings. The van der Waals surface area contributed by atoms with Crippen LogP contribution in [0.15, 0.2) is 24.3 Å². The molecule has 0 aliphatic rings. The van der Waals surface area contributed by atoms with Crippen LogP contribution in [0.2, 0.25) is 0 Å². The Morgan fingerprint density at radius 3 is 2.25 bits per heavy atom. The molecule has 0 saturated carbocycles. The Morgan fingerprint density at radius 1 is 1.25 bits per heavy atom. The molecule has 1 aromatic carbocycles. The summed E-state index contributed by atoms with van der Waals surface area (Å²) in [5.41, 5.74) is 1.10. The van der Waals surface area contributed by atoms with Crippen molar-refractivity contribution in [1.82, 2.24) is 4.90 Å². The molecule has 0 unspecified atom stereocenters. The van der Waals surface area contributed by atoms with Crippen LogP contribution in [-0.2, 0) is 11.0 Å². The minimum Gasteiger partial charge on any atom is -0.404 e. The number of hydrogen-bond acceptors (Lipinski definition) is 3. The largest absolute Gasteiger partial charge is 0.524 e. The lowest BCUT2D eigenvalue weighted by Gasteiger charge is -2.10. The third-order valence-electron chi connectivity index (χ3n) is 2.00. The number of benzene rings is 1. The molecule has 1 rings (SSSR count). The van der Waals surface area contributed by atoms with E-state index in [9.17, 15) is 4.57 Å². The van der Waals surface area contributed by atoms with Gasteiger partial charge in [-0.1, -0.05) is 12.1 Å². The van der Waals surface area contributed by atoms with E-state index in [1.54, 1.807) is 24.3 Å². The van der Waals surface area contributed by atoms with Crippen LogP contribution in [0.3, 0.4) is 0 Å². The fourth-order valence-corrected chi connectivity index (χ4v) is 1.60. The van der Waals surface area contributed by atoms with Gasteiger partial charge in [-0.25, -0.2) is 4.57 Å². The molecule has 0 aromatic heterocycles. The Labute approximate surface area is 94.9 Å². The van der Waals surface area contributed by atoms with E-state index in [4.69, 9.17) is 9.79 Å². The van der Waals surface area contributed by atoms with Crippen LogP contribution in [0.25, 0.3) is 0 Å². The van der Waals surface area contributed by atoms with Crippen molar-refractivity contribution < 1.29 is 18.9 Å². The van der Waals surface area contributed by atoms with Gasteiger partial charge in [0.1, 0.15) is 5.75 Å². The average molecular weight is 245 g/mol. The molecular weight excluding hydrogens is 229 g/mol. The first-order valence-corrected chi connectivity index (χ1v) is 6.39. The lowest BCUT2D eigenvalue weighted by Crippen LogP contribution is -2.14. The summed E-state index contributed by atoms with van der Waals surface area (Å²) in [6.45, 7) is 0.929. The minimum absolute atomic E-state index is 0.182. The predicted molar refractivity (Wildman–Crippen MR) is 61.4 cm³/mol. The summed E-state index contributed by atoms with van der Waals surface area (Å²) in [7, 11) is -0.459. The zero-order valence-corrected chi connectivity index (χ0v) is 10.2. The Balaban J connectivity index is 2.58. The van der Waals surface area contributed by atoms with E-state index < -0.39 is 7.82 Å². The monoisotopic (exact) mass is 245 g/mol. The number of likely N-dealkylation sites (N-methyl/N-ethyl adjacent to an activating group) is 1. The topological polar surface area (TPSA) is 70.0 Å². The molecule has 90 valence electrons. The maximum absolute atomic E-state index is 10.6. The molecule has 0 bridgehead atoms. The summed E-state index contributed by atoms with van der Waals surface area (Å²) in [6, 6.07) is 6.72. The first-order chi connectivity index (χ1) is 7.37. The summed E-state index contributed by atoms with van der Waals surface area (Å²) >= 11 is 0. The lowest BCUT2D eigenvalue weighted by atomic mass is 10.1. The smallest absolute Gasteiger partial charge is 0.404 e. The van der Waals surface area contributed by atoms with E-state index in [1.807, 2.05) is 14.1 Å². The number of rotatable bonds is 5. The zero-order chi connectivity index (χ0) is 12.2. The highest BCUT2D eigenvalue weighted by Gasteiger charge is 2.15. The Hall–Kier alpha value is -0.870. The van der Waals surface area contributed by atoms with Crippen LogP contribution in [0.1, 0.15) is 5.56 Å². The van der Waals surface area contributed by atoms with Gasteiger partial charge >= 0.3 is 7.82 Å². The van der Waals surface area contributed by atoms with E-state index in [0.29, 0.717) is 0 Å². The molecule has 0 atom stereocenters. The maximum atomic E-state index is 10.6. The highest BCUT2D eigenvalue weighted by Crippen LogP contribution is 2.37. The van der Waals surface area contributed by atoms with Crippen molar-refractivity contribution >= 4 is 7.82 Å². The van der Waals surface area contributed by atoms with Gasteiger partial charge in [-0.2, -0.15) is 0 Å². The van der Waals surface area contributed by atoms with Gasteiger partial charge in [0.25, 0.3) is 0 Å². The molecule has 0 amide bonds. The van der Waals surface area contributed by atoms with Gasteiger partial charge in [0.15, 0.2) is 0 Å². The highest BCUT2D eigenvalue weighted by atomic mass is 31.2. The second-order valence-corrected chi connectivity index (χ2v) is 4.94. The lowest BCUT2D eigenvalue weighted by molar-refractivity contribution is 0.283. The van der Waals surface area contributed by atoms with Crippen LogP contribution in [0, 0.1) is 0 Å². The maximum Gasteiger partial charge on any atom is 0.524 e. The van der Waals surface area contributed by atoms with Crippen LogP contribution in [0.4, 0.5) is 0 Å². The summed E-state index contributed by atoms with van der Waals surface area (Å²) in [5, 5.41) is 0. The Bertz CT molecular complexity index is 371. The van der Waals surface area contributed by atoms with Crippen molar-refractivity contribution in [2.75, 3.05) is 20.6 Å². The van der Waals surface area contributed by atoms with Gasteiger partial charge in [-0.15, -0.1) is 0 Å². The predicted octanol–water partition coefficient (Wildman–Crippen LogP) is 1.26. The molecule has 0 aliphatic carbocycles. The van der Waals surface area contributed by atoms with Gasteiger partial charge in [0.2, 0.25) is 0 Å². The standard InChI is InChI=1S/C10H16NO4P/c1-11(2)8-7-9-3-5-10(6-4-9)15-16(12,13)14/h3-6H,7-8H2,1-2H3,(H2,12,13,14). The summed E-state index contributed by atoms with van der Waals surface area (Å²) < 4.78 is 15.0. The highest BCUT2D eigenvalue weighted by molar-refractivity contribution is 7.46. The molecule has 0 fully saturated rings. The number of phosphoric acid groups is 1. The molecule has 2 N–H and O–H groups in total. The normalized spacial score (nSPS) is 11.8. The van der Waals surface area contributed by atoms with E-state index in [0.717, 1.165) is 18.5 Å². The second kappa shape index (κ2) is 5.46. The molecule has 5 nitrogen and oxygen atoms in total. The van der Waals surface area contributed by atoms with E-state index in [2.05, 4.69) is 9.42 Å². The van der Waals surface area contributed by atoms with Crippen LogP contribution < -0.4 is 4.52 Å². The molecule has 0 heterocycles. The molecule has 6 heteroatoms. The molecule has 0 aliphatic heterocycles. The Kier molecular flexibility index (Phi) is 4.50. The summed E-state index contributed by atoms with van der Waals surface area (Å²) in [6.07, 6.45) is 0.892. The van der Waals surface area contributed by atoms with Gasteiger partial charge in [-0.3, -0.25) is 9.79 Å². The van der Waals surface area contributed by atoms with E-state index in [-0.39, 0.29) is 5.75 Å². The number of hydrogen-bond donors (Lipinski definition) is 2.